The number of rotatable bonds is 7. The summed E-state index contributed by atoms with van der Waals surface area (Å²) in [5.74, 6) is 0.238. The Kier molecular flexibility index (Phi) is 7.00. The molecule has 6 nitrogen and oxygen atoms in total. The Morgan fingerprint density at radius 2 is 1.81 bits per heavy atom. The average molecular weight is 376 g/mol. The Labute approximate surface area is 158 Å². The minimum Gasteiger partial charge on any atom is -0.497 e. The summed E-state index contributed by atoms with van der Waals surface area (Å²) in [6.07, 6.45) is 0. The number of carbonyl (C=O) groups is 2. The summed E-state index contributed by atoms with van der Waals surface area (Å²) in [5.41, 5.74) is 1.29. The summed E-state index contributed by atoms with van der Waals surface area (Å²) in [4.78, 5) is 26.2. The largest absolute Gasteiger partial charge is 0.497 e. The molecule has 2 amide bonds. The molecule has 0 spiro atoms. The molecule has 0 aliphatic carbocycles. The van der Waals surface area contributed by atoms with Crippen molar-refractivity contribution in [3.8, 4) is 5.75 Å². The lowest BCUT2D eigenvalue weighted by molar-refractivity contribution is -0.122. The van der Waals surface area contributed by atoms with E-state index >= 15 is 0 Å². The Morgan fingerprint density at radius 3 is 2.46 bits per heavy atom. The normalized spacial score (nSPS) is 11.7. The number of methoxy groups -OCH3 is 1. The monoisotopic (exact) mass is 375 g/mol. The molecule has 0 aliphatic rings. The highest BCUT2D eigenvalue weighted by Gasteiger charge is 2.20. The second-order valence-electron chi connectivity index (χ2n) is 5.87. The van der Waals surface area contributed by atoms with Crippen LogP contribution >= 0.6 is 11.6 Å². The quantitative estimate of drug-likeness (QED) is 0.779. The molecule has 7 heteroatoms. The van der Waals surface area contributed by atoms with Crippen molar-refractivity contribution in [2.75, 3.05) is 31.3 Å². The molecule has 138 valence electrons. The fourth-order valence-corrected chi connectivity index (χ4v) is 2.37. The van der Waals surface area contributed by atoms with Crippen molar-refractivity contribution in [2.45, 2.75) is 13.0 Å². The topological polar surface area (TPSA) is 70.7 Å². The van der Waals surface area contributed by atoms with Gasteiger partial charge in [-0.3, -0.25) is 14.5 Å². The number of ether oxygens (including phenoxy) is 1. The van der Waals surface area contributed by atoms with Crippen molar-refractivity contribution >= 4 is 34.8 Å². The zero-order chi connectivity index (χ0) is 19.1. The third-order valence-electron chi connectivity index (χ3n) is 3.90. The number of amides is 2. The molecule has 0 unspecified atom stereocenters. The van der Waals surface area contributed by atoms with Crippen molar-refractivity contribution in [3.05, 3.63) is 53.6 Å². The van der Waals surface area contributed by atoms with E-state index < -0.39 is 6.04 Å². The lowest BCUT2D eigenvalue weighted by Gasteiger charge is -2.23. The number of nitrogens with one attached hydrogen (secondary N) is 2. The van der Waals surface area contributed by atoms with Gasteiger partial charge < -0.3 is 15.4 Å². The Morgan fingerprint density at radius 1 is 1.12 bits per heavy atom. The lowest BCUT2D eigenvalue weighted by atomic mass is 10.2. The second-order valence-corrected chi connectivity index (χ2v) is 6.30. The van der Waals surface area contributed by atoms with Gasteiger partial charge in [-0.05, 0) is 50.4 Å². The fraction of sp³-hybridized carbons (Fsp3) is 0.263. The van der Waals surface area contributed by atoms with Crippen LogP contribution in [-0.4, -0.2) is 43.5 Å². The van der Waals surface area contributed by atoms with Gasteiger partial charge in [0.1, 0.15) is 5.75 Å². The van der Waals surface area contributed by atoms with Crippen LogP contribution in [0, 0.1) is 0 Å². The highest BCUT2D eigenvalue weighted by Crippen LogP contribution is 2.17. The minimum atomic E-state index is -0.489. The number of hydrogen-bond acceptors (Lipinski definition) is 4. The van der Waals surface area contributed by atoms with Crippen LogP contribution in [0.5, 0.6) is 5.75 Å². The van der Waals surface area contributed by atoms with Crippen LogP contribution in [-0.2, 0) is 9.59 Å². The van der Waals surface area contributed by atoms with E-state index in [0.717, 1.165) is 0 Å². The van der Waals surface area contributed by atoms with E-state index in [1.54, 1.807) is 74.5 Å². The number of benzene rings is 2. The predicted molar refractivity (Wildman–Crippen MR) is 104 cm³/mol. The van der Waals surface area contributed by atoms with Crippen LogP contribution in [0.25, 0.3) is 0 Å². The third-order valence-corrected chi connectivity index (χ3v) is 4.15. The first kappa shape index (κ1) is 19.8. The summed E-state index contributed by atoms with van der Waals surface area (Å²) in [6.45, 7) is 1.82. The molecule has 26 heavy (non-hydrogen) atoms. The Bertz CT molecular complexity index is 765. The minimum absolute atomic E-state index is 0.0787. The molecule has 2 rings (SSSR count). The molecule has 0 aromatic heterocycles. The summed E-state index contributed by atoms with van der Waals surface area (Å²) in [7, 11) is 3.29. The summed E-state index contributed by atoms with van der Waals surface area (Å²) < 4.78 is 5.14. The average Bonchev–Trinajstić information content (AvgIpc) is 2.63. The maximum absolute atomic E-state index is 12.4. The van der Waals surface area contributed by atoms with Crippen LogP contribution in [0.15, 0.2) is 48.5 Å². The van der Waals surface area contributed by atoms with Gasteiger partial charge in [-0.15, -0.1) is 0 Å². The second kappa shape index (κ2) is 9.22. The van der Waals surface area contributed by atoms with Gasteiger partial charge >= 0.3 is 0 Å². The third kappa shape index (κ3) is 5.75. The van der Waals surface area contributed by atoms with Crippen LogP contribution in [0.4, 0.5) is 11.4 Å². The van der Waals surface area contributed by atoms with E-state index in [0.29, 0.717) is 22.1 Å². The standard InChI is InChI=1S/C19H22ClN3O3/c1-13(19(25)22-16-5-4-6-17(11-16)26-3)23(2)12-18(24)21-15-9-7-14(20)8-10-15/h4-11,13H,12H2,1-3H3,(H,21,24)(H,22,25)/t13-/m0/s1. The van der Waals surface area contributed by atoms with E-state index in [2.05, 4.69) is 10.6 Å². The highest BCUT2D eigenvalue weighted by molar-refractivity contribution is 6.30. The molecular formula is C19H22ClN3O3. The molecule has 0 fully saturated rings. The Hall–Kier alpha value is -2.57. The van der Waals surface area contributed by atoms with Gasteiger partial charge in [-0.2, -0.15) is 0 Å². The number of carbonyl (C=O) groups excluding carboxylic acids is 2. The molecule has 2 N–H and O–H groups in total. The number of hydrogen-bond donors (Lipinski definition) is 2. The first-order valence-electron chi connectivity index (χ1n) is 8.09. The Balaban J connectivity index is 1.88. The van der Waals surface area contributed by atoms with Crippen LogP contribution in [0.2, 0.25) is 5.02 Å². The van der Waals surface area contributed by atoms with E-state index in [9.17, 15) is 9.59 Å². The van der Waals surface area contributed by atoms with Gasteiger partial charge in [-0.25, -0.2) is 0 Å². The van der Waals surface area contributed by atoms with E-state index in [-0.39, 0.29) is 18.4 Å². The summed E-state index contributed by atoms with van der Waals surface area (Å²) in [6, 6.07) is 13.5. The fourth-order valence-electron chi connectivity index (χ4n) is 2.24. The molecule has 0 heterocycles. The van der Waals surface area contributed by atoms with Crippen molar-refractivity contribution in [2.24, 2.45) is 0 Å². The number of likely N-dealkylation sites (N-methyl/N-ethyl adjacent to an activating group) is 1. The zero-order valence-electron chi connectivity index (χ0n) is 15.0. The molecule has 1 atom stereocenters. The SMILES string of the molecule is COc1cccc(NC(=O)[C@H](C)N(C)CC(=O)Nc2ccc(Cl)cc2)c1. The molecule has 0 saturated heterocycles. The molecule has 0 bridgehead atoms. The first-order valence-corrected chi connectivity index (χ1v) is 8.47. The molecule has 0 saturated carbocycles. The van der Waals surface area contributed by atoms with Gasteiger partial charge in [-0.1, -0.05) is 17.7 Å². The zero-order valence-corrected chi connectivity index (χ0v) is 15.7. The molecule has 2 aromatic rings. The summed E-state index contributed by atoms with van der Waals surface area (Å²) in [5, 5.41) is 6.19. The number of halogens is 1. The van der Waals surface area contributed by atoms with Gasteiger partial charge in [0.05, 0.1) is 19.7 Å². The van der Waals surface area contributed by atoms with Crippen LogP contribution in [0.1, 0.15) is 6.92 Å². The maximum atomic E-state index is 12.4. The molecule has 2 aromatic carbocycles. The molecule has 0 aliphatic heterocycles. The summed E-state index contributed by atoms with van der Waals surface area (Å²) >= 11 is 5.82. The first-order chi connectivity index (χ1) is 12.4. The maximum Gasteiger partial charge on any atom is 0.241 e. The predicted octanol–water partition coefficient (Wildman–Crippen LogP) is 3.25. The van der Waals surface area contributed by atoms with E-state index in [1.165, 1.54) is 0 Å². The van der Waals surface area contributed by atoms with Crippen molar-refractivity contribution in [1.82, 2.24) is 4.90 Å². The van der Waals surface area contributed by atoms with Crippen LogP contribution < -0.4 is 15.4 Å². The lowest BCUT2D eigenvalue weighted by Crippen LogP contribution is -2.43. The van der Waals surface area contributed by atoms with Crippen molar-refractivity contribution < 1.29 is 14.3 Å². The number of nitrogens with zero attached hydrogens (tertiary/aromatic N) is 1. The molecule has 0 radical (unpaired) electrons. The number of anilines is 2. The smallest absolute Gasteiger partial charge is 0.241 e. The molecular weight excluding hydrogens is 354 g/mol. The van der Waals surface area contributed by atoms with E-state index in [4.69, 9.17) is 16.3 Å². The highest BCUT2D eigenvalue weighted by atomic mass is 35.5. The van der Waals surface area contributed by atoms with Crippen molar-refractivity contribution in [3.63, 3.8) is 0 Å². The van der Waals surface area contributed by atoms with Gasteiger partial charge in [0.25, 0.3) is 0 Å². The van der Waals surface area contributed by atoms with E-state index in [1.807, 2.05) is 0 Å². The van der Waals surface area contributed by atoms with Crippen LogP contribution in [0.3, 0.4) is 0 Å². The van der Waals surface area contributed by atoms with Gasteiger partial charge in [0, 0.05) is 22.5 Å². The van der Waals surface area contributed by atoms with Crippen molar-refractivity contribution in [1.29, 1.82) is 0 Å². The van der Waals surface area contributed by atoms with Gasteiger partial charge in [0.15, 0.2) is 0 Å². The van der Waals surface area contributed by atoms with Gasteiger partial charge in [0.2, 0.25) is 11.8 Å².